The third-order valence-corrected chi connectivity index (χ3v) is 4.40. The molecule has 1 aliphatic carbocycles. The van der Waals surface area contributed by atoms with Crippen LogP contribution in [0.3, 0.4) is 0 Å². The number of hydrogen-bond acceptors (Lipinski definition) is 3. The molecule has 108 valence electrons. The number of amides is 1. The van der Waals surface area contributed by atoms with Gasteiger partial charge in [0.2, 0.25) is 5.91 Å². The number of rotatable bonds is 4. The molecule has 1 N–H and O–H groups in total. The molecule has 1 aromatic heterocycles. The summed E-state index contributed by atoms with van der Waals surface area (Å²) in [6, 6.07) is 11.3. The summed E-state index contributed by atoms with van der Waals surface area (Å²) in [5.74, 6) is 0.207. The van der Waals surface area contributed by atoms with Gasteiger partial charge in [-0.15, -0.1) is 11.3 Å². The Hall–Kier alpha value is -2.01. The molecular weight excluding hydrogens is 287 g/mol. The highest BCUT2D eigenvalue weighted by Crippen LogP contribution is 2.47. The van der Waals surface area contributed by atoms with Gasteiger partial charge in [-0.05, 0) is 37.0 Å². The van der Waals surface area contributed by atoms with Crippen molar-refractivity contribution in [2.24, 2.45) is 11.0 Å². The second-order valence-corrected chi connectivity index (χ2v) is 6.30. The lowest BCUT2D eigenvalue weighted by molar-refractivity contribution is -0.122. The van der Waals surface area contributed by atoms with Gasteiger partial charge in [-0.2, -0.15) is 9.49 Å². The van der Waals surface area contributed by atoms with Crippen molar-refractivity contribution >= 4 is 23.5 Å². The van der Waals surface area contributed by atoms with E-state index in [1.54, 1.807) is 6.07 Å². The van der Waals surface area contributed by atoms with Crippen molar-refractivity contribution in [3.63, 3.8) is 0 Å². The molecule has 0 saturated heterocycles. The topological polar surface area (TPSA) is 41.5 Å². The van der Waals surface area contributed by atoms with Crippen LogP contribution in [0.2, 0.25) is 0 Å². The van der Waals surface area contributed by atoms with E-state index >= 15 is 0 Å². The van der Waals surface area contributed by atoms with Crippen LogP contribution in [0.1, 0.15) is 28.3 Å². The Labute approximate surface area is 126 Å². The van der Waals surface area contributed by atoms with E-state index in [1.165, 1.54) is 23.4 Å². The summed E-state index contributed by atoms with van der Waals surface area (Å²) in [4.78, 5) is 12.6. The van der Waals surface area contributed by atoms with Crippen molar-refractivity contribution in [1.29, 1.82) is 0 Å². The van der Waals surface area contributed by atoms with Crippen molar-refractivity contribution < 1.29 is 9.18 Å². The fraction of sp³-hybridized carbons (Fsp3) is 0.250. The highest BCUT2D eigenvalue weighted by atomic mass is 32.1. The largest absolute Gasteiger partial charge is 0.273 e. The van der Waals surface area contributed by atoms with Crippen LogP contribution in [-0.2, 0) is 4.79 Å². The number of halogens is 1. The van der Waals surface area contributed by atoms with E-state index in [4.69, 9.17) is 0 Å². The molecule has 3 rings (SSSR count). The van der Waals surface area contributed by atoms with E-state index < -0.39 is 0 Å². The van der Waals surface area contributed by atoms with Crippen molar-refractivity contribution in [3.05, 3.63) is 57.5 Å². The molecule has 3 nitrogen and oxygen atoms in total. The number of benzene rings is 1. The number of nitrogens with zero attached hydrogens (tertiary/aromatic N) is 1. The van der Waals surface area contributed by atoms with Gasteiger partial charge in [0.05, 0.1) is 11.1 Å². The summed E-state index contributed by atoms with van der Waals surface area (Å²) in [6.45, 7) is 2.04. The quantitative estimate of drug-likeness (QED) is 0.682. The zero-order valence-corrected chi connectivity index (χ0v) is 12.4. The minimum absolute atomic E-state index is 0.00933. The summed E-state index contributed by atoms with van der Waals surface area (Å²) in [5, 5.41) is 3.62. The molecular formula is C16H15FN2OS. The third kappa shape index (κ3) is 3.36. The standard InChI is InChI=1S/C16H15FN2OS/c1-10-2-4-11(5-3-10)13-8-14(13)16(20)19-18-9-12-6-7-15(17)21-12/h2-7,9,13-14H,8H2,1H3,(H,19,20)/b18-9-/t13-,14-/m0/s1. The van der Waals surface area contributed by atoms with Gasteiger partial charge >= 0.3 is 0 Å². The van der Waals surface area contributed by atoms with Crippen LogP contribution in [0.25, 0.3) is 0 Å². The Morgan fingerprint density at radius 3 is 2.76 bits per heavy atom. The Morgan fingerprint density at radius 2 is 2.10 bits per heavy atom. The minimum Gasteiger partial charge on any atom is -0.273 e. The highest BCUT2D eigenvalue weighted by molar-refractivity contribution is 7.12. The van der Waals surface area contributed by atoms with Crippen molar-refractivity contribution in [3.8, 4) is 0 Å². The first kappa shape index (κ1) is 13.9. The lowest BCUT2D eigenvalue weighted by atomic mass is 10.1. The zero-order chi connectivity index (χ0) is 14.8. The minimum atomic E-state index is -0.260. The van der Waals surface area contributed by atoms with Crippen molar-refractivity contribution in [1.82, 2.24) is 5.43 Å². The predicted molar refractivity (Wildman–Crippen MR) is 82.0 cm³/mol. The molecule has 0 bridgehead atoms. The number of thiophene rings is 1. The fourth-order valence-electron chi connectivity index (χ4n) is 2.31. The number of carbonyl (C=O) groups excluding carboxylic acids is 1. The molecule has 1 fully saturated rings. The van der Waals surface area contributed by atoms with Crippen LogP contribution in [0.15, 0.2) is 41.5 Å². The van der Waals surface area contributed by atoms with E-state index in [0.717, 1.165) is 17.8 Å². The maximum absolute atomic E-state index is 12.8. The Bertz CT molecular complexity index is 678. The van der Waals surface area contributed by atoms with Crippen LogP contribution in [0, 0.1) is 18.0 Å². The molecule has 0 spiro atoms. The average molecular weight is 302 g/mol. The molecule has 2 aromatic rings. The molecule has 1 amide bonds. The molecule has 2 atom stereocenters. The van der Waals surface area contributed by atoms with Gasteiger partial charge in [-0.25, -0.2) is 5.43 Å². The van der Waals surface area contributed by atoms with Crippen LogP contribution >= 0.6 is 11.3 Å². The molecule has 21 heavy (non-hydrogen) atoms. The lowest BCUT2D eigenvalue weighted by Crippen LogP contribution is -2.19. The maximum Gasteiger partial charge on any atom is 0.243 e. The predicted octanol–water partition coefficient (Wildman–Crippen LogP) is 3.45. The summed E-state index contributed by atoms with van der Waals surface area (Å²) < 4.78 is 12.8. The molecule has 0 unspecified atom stereocenters. The molecule has 1 aromatic carbocycles. The molecule has 5 heteroatoms. The highest BCUT2D eigenvalue weighted by Gasteiger charge is 2.43. The van der Waals surface area contributed by atoms with E-state index in [0.29, 0.717) is 10.8 Å². The van der Waals surface area contributed by atoms with Crippen LogP contribution in [-0.4, -0.2) is 12.1 Å². The molecule has 1 saturated carbocycles. The van der Waals surface area contributed by atoms with E-state index in [-0.39, 0.29) is 17.0 Å². The average Bonchev–Trinajstić information content (AvgIpc) is 3.16. The Morgan fingerprint density at radius 1 is 1.33 bits per heavy atom. The van der Waals surface area contributed by atoms with Gasteiger partial charge in [0.15, 0.2) is 5.13 Å². The summed E-state index contributed by atoms with van der Waals surface area (Å²) in [5.41, 5.74) is 4.94. The monoisotopic (exact) mass is 302 g/mol. The molecule has 0 aliphatic heterocycles. The maximum atomic E-state index is 12.8. The van der Waals surface area contributed by atoms with Crippen LogP contribution in [0.4, 0.5) is 4.39 Å². The third-order valence-electron chi connectivity index (χ3n) is 3.59. The number of hydrazone groups is 1. The lowest BCUT2D eigenvalue weighted by Gasteiger charge is -2.01. The number of nitrogens with one attached hydrogen (secondary N) is 1. The van der Waals surface area contributed by atoms with Gasteiger partial charge in [-0.1, -0.05) is 29.8 Å². The van der Waals surface area contributed by atoms with Gasteiger partial charge < -0.3 is 0 Å². The summed E-state index contributed by atoms with van der Waals surface area (Å²) in [7, 11) is 0. The van der Waals surface area contributed by atoms with Crippen LogP contribution in [0.5, 0.6) is 0 Å². The second-order valence-electron chi connectivity index (χ2n) is 5.24. The first-order valence-electron chi connectivity index (χ1n) is 6.78. The zero-order valence-electron chi connectivity index (χ0n) is 11.5. The normalized spacial score (nSPS) is 20.7. The Balaban J connectivity index is 1.53. The number of aryl methyl sites for hydroxylation is 1. The summed E-state index contributed by atoms with van der Waals surface area (Å²) >= 11 is 0.995. The number of hydrogen-bond donors (Lipinski definition) is 1. The molecule has 1 aliphatic rings. The van der Waals surface area contributed by atoms with E-state index in [9.17, 15) is 9.18 Å². The number of carbonyl (C=O) groups is 1. The van der Waals surface area contributed by atoms with Crippen molar-refractivity contribution in [2.75, 3.05) is 0 Å². The smallest absolute Gasteiger partial charge is 0.243 e. The van der Waals surface area contributed by atoms with Crippen molar-refractivity contribution in [2.45, 2.75) is 19.3 Å². The first-order chi connectivity index (χ1) is 10.1. The SMILES string of the molecule is Cc1ccc([C@@H]2C[C@@H]2C(=O)N/N=C\c2ccc(F)s2)cc1. The fourth-order valence-corrected chi connectivity index (χ4v) is 2.91. The molecule has 0 radical (unpaired) electrons. The summed E-state index contributed by atoms with van der Waals surface area (Å²) in [6.07, 6.45) is 2.33. The van der Waals surface area contributed by atoms with E-state index in [1.807, 2.05) is 6.92 Å². The Kier molecular flexibility index (Phi) is 3.84. The van der Waals surface area contributed by atoms with Gasteiger partial charge in [-0.3, -0.25) is 4.79 Å². The molecule has 1 heterocycles. The first-order valence-corrected chi connectivity index (χ1v) is 7.60. The van der Waals surface area contributed by atoms with E-state index in [2.05, 4.69) is 34.8 Å². The van der Waals surface area contributed by atoms with Crippen LogP contribution < -0.4 is 5.43 Å². The second kappa shape index (κ2) is 5.77. The van der Waals surface area contributed by atoms with Gasteiger partial charge in [0, 0.05) is 5.92 Å². The van der Waals surface area contributed by atoms with Gasteiger partial charge in [0.1, 0.15) is 0 Å². The van der Waals surface area contributed by atoms with Gasteiger partial charge in [0.25, 0.3) is 0 Å².